The van der Waals surface area contributed by atoms with Gasteiger partial charge in [0.15, 0.2) is 0 Å². The quantitative estimate of drug-likeness (QED) is 0.0917. The average Bonchev–Trinajstić information content (AvgIpc) is 2.97. The molecule has 10 nitrogen and oxygen atoms in total. The lowest BCUT2D eigenvalue weighted by atomic mass is 9.76. The molecule has 1 aliphatic rings. The molecule has 1 atom stereocenters. The van der Waals surface area contributed by atoms with Gasteiger partial charge in [-0.05, 0) is 51.9 Å². The van der Waals surface area contributed by atoms with Crippen LogP contribution in [0.3, 0.4) is 0 Å². The van der Waals surface area contributed by atoms with Gasteiger partial charge in [0, 0.05) is 18.0 Å². The third-order valence-electron chi connectivity index (χ3n) is 4.44. The smallest absolute Gasteiger partial charge is 0.285 e. The number of hydrogen-bond acceptors (Lipinski definition) is 6. The molecule has 0 aromatic carbocycles. The van der Waals surface area contributed by atoms with E-state index in [0.29, 0.717) is 25.3 Å². The predicted molar refractivity (Wildman–Crippen MR) is 197 cm³/mol. The summed E-state index contributed by atoms with van der Waals surface area (Å²) in [5, 5.41) is 5.28. The first-order valence-corrected chi connectivity index (χ1v) is 17.3. The summed E-state index contributed by atoms with van der Waals surface area (Å²) >= 11 is 0. The third kappa shape index (κ3) is 74.4. The summed E-state index contributed by atoms with van der Waals surface area (Å²) in [5.41, 5.74) is 14.4. The number of hydrogen-bond donors (Lipinski definition) is 5. The Morgan fingerprint density at radius 2 is 1.24 bits per heavy atom. The van der Waals surface area contributed by atoms with Crippen LogP contribution < -0.4 is 27.8 Å². The normalized spacial score (nSPS) is 10.9. The Morgan fingerprint density at radius 3 is 1.47 bits per heavy atom. The van der Waals surface area contributed by atoms with E-state index in [2.05, 4.69) is 51.0 Å². The molecule has 45 heavy (non-hydrogen) atoms. The maximum Gasteiger partial charge on any atom is 0.285 e. The lowest BCUT2D eigenvalue weighted by molar-refractivity contribution is -0.139. The van der Waals surface area contributed by atoms with E-state index in [9.17, 15) is 19.2 Å². The highest BCUT2D eigenvalue weighted by molar-refractivity contribution is 6.36. The molecule has 0 aromatic heterocycles. The molecule has 0 spiro atoms. The molecule has 4 amide bonds. The van der Waals surface area contributed by atoms with Crippen molar-refractivity contribution in [1.29, 1.82) is 0 Å². The van der Waals surface area contributed by atoms with Crippen LogP contribution in [0, 0.1) is 17.8 Å². The number of Topliss-reactive ketones (excluding diaryl/α,β-unsaturated/α-hetero) is 1. The van der Waals surface area contributed by atoms with Crippen LogP contribution in [0.1, 0.15) is 162 Å². The van der Waals surface area contributed by atoms with Crippen LogP contribution in [0.2, 0.25) is 0 Å². The molecular weight excluding hydrogens is 570 g/mol. The Hall–Kier alpha value is -2.49. The minimum atomic E-state index is -0.828. The second-order valence-corrected chi connectivity index (χ2v) is 10.6. The zero-order chi connectivity index (χ0) is 37.9. The Balaban J connectivity index is -0.0000000752. The molecule has 1 fully saturated rings. The van der Waals surface area contributed by atoms with Crippen molar-refractivity contribution in [3.63, 3.8) is 0 Å². The van der Waals surface area contributed by atoms with E-state index in [0.717, 1.165) is 38.0 Å². The van der Waals surface area contributed by atoms with E-state index < -0.39 is 11.7 Å². The van der Waals surface area contributed by atoms with Crippen LogP contribution in [-0.4, -0.2) is 49.0 Å². The zero-order valence-corrected chi connectivity index (χ0v) is 32.7. The van der Waals surface area contributed by atoms with Gasteiger partial charge >= 0.3 is 0 Å². The predicted octanol–water partition coefficient (Wildman–Crippen LogP) is 6.91. The first-order chi connectivity index (χ1) is 21.2. The van der Waals surface area contributed by atoms with E-state index in [1.165, 1.54) is 12.8 Å². The summed E-state index contributed by atoms with van der Waals surface area (Å²) in [6.07, 6.45) is 8.73. The molecule has 0 saturated heterocycles. The molecule has 0 heterocycles. The molecule has 0 radical (unpaired) electrons. The number of unbranched alkanes of at least 4 members (excludes halogenated alkanes) is 1. The fraction of sp³-hybridized carbons (Fsp3) is 0.857. The topological polar surface area (TPSA) is 187 Å². The molecule has 0 aromatic rings. The van der Waals surface area contributed by atoms with E-state index in [4.69, 9.17) is 16.3 Å². The summed E-state index contributed by atoms with van der Waals surface area (Å²) < 4.78 is 0. The summed E-state index contributed by atoms with van der Waals surface area (Å²) in [4.78, 5) is 52.1. The van der Waals surface area contributed by atoms with Crippen molar-refractivity contribution in [2.45, 2.75) is 168 Å². The van der Waals surface area contributed by atoms with Crippen molar-refractivity contribution in [1.82, 2.24) is 10.6 Å². The van der Waals surface area contributed by atoms with E-state index in [1.807, 2.05) is 76.2 Å². The molecule has 1 rings (SSSR count). The van der Waals surface area contributed by atoms with Gasteiger partial charge in [0.1, 0.15) is 0 Å². The standard InChI is InChI=1S/C14H25N3O3.C5H11NO.C4H10.C3H8.4C2H6.CH3NO/c15-9-12(18)17-7-2-1-6-11(13(19)14(16)20)8-10-4-3-5-10;1-5(2,3)6-4-7;1-4(2)3;1-3-2;4*1-2;2-1-3/h10-11H,1-9,15H2,(H2,16,20)(H,17,18);4H,1-3H3,(H,6,7);4H,1-3H3;3H2,1-2H3;4*1-2H3;1H,(H2,2,3). The fourth-order valence-electron chi connectivity index (χ4n) is 2.68. The van der Waals surface area contributed by atoms with Gasteiger partial charge in [-0.1, -0.05) is 122 Å². The Labute approximate surface area is 280 Å². The second kappa shape index (κ2) is 54.0. The maximum absolute atomic E-state index is 11.8. The molecule has 276 valence electrons. The van der Waals surface area contributed by atoms with Crippen molar-refractivity contribution in [3.05, 3.63) is 0 Å². The van der Waals surface area contributed by atoms with Crippen LogP contribution in [0.15, 0.2) is 0 Å². The van der Waals surface area contributed by atoms with Crippen molar-refractivity contribution >= 4 is 30.4 Å². The first-order valence-electron chi connectivity index (χ1n) is 17.3. The van der Waals surface area contributed by atoms with Crippen molar-refractivity contribution in [2.24, 2.45) is 35.0 Å². The molecule has 1 aliphatic carbocycles. The van der Waals surface area contributed by atoms with Gasteiger partial charge in [-0.25, -0.2) is 0 Å². The SMILES string of the molecule is CC.CC.CC.CC.CC(C)(C)NC=O.CC(C)C.CCC.NC=O.NCC(=O)NCCCCC(CC1CCC1)C(=O)C(N)=O. The number of primary amides is 2. The lowest BCUT2D eigenvalue weighted by Gasteiger charge is -2.28. The molecule has 0 bridgehead atoms. The summed E-state index contributed by atoms with van der Waals surface area (Å²) in [6.45, 7) is 33.1. The van der Waals surface area contributed by atoms with Crippen LogP contribution >= 0.6 is 0 Å². The van der Waals surface area contributed by atoms with Gasteiger partial charge in [-0.15, -0.1) is 0 Å². The minimum absolute atomic E-state index is 0.00946. The van der Waals surface area contributed by atoms with Gasteiger partial charge in [0.2, 0.25) is 24.5 Å². The monoisotopic (exact) mass is 652 g/mol. The number of rotatable bonds is 11. The van der Waals surface area contributed by atoms with Crippen molar-refractivity contribution in [3.8, 4) is 0 Å². The number of nitrogens with one attached hydrogen (secondary N) is 2. The zero-order valence-electron chi connectivity index (χ0n) is 32.7. The average molecular weight is 652 g/mol. The molecule has 8 N–H and O–H groups in total. The molecule has 1 saturated carbocycles. The highest BCUT2D eigenvalue weighted by Gasteiger charge is 2.28. The number of carbonyl (C=O) groups excluding carboxylic acids is 5. The third-order valence-corrected chi connectivity index (χ3v) is 4.44. The fourth-order valence-corrected chi connectivity index (χ4v) is 2.68. The van der Waals surface area contributed by atoms with Gasteiger partial charge in [0.25, 0.3) is 5.91 Å². The van der Waals surface area contributed by atoms with Crippen molar-refractivity contribution < 1.29 is 24.0 Å². The molecule has 1 unspecified atom stereocenters. The van der Waals surface area contributed by atoms with Crippen molar-refractivity contribution in [2.75, 3.05) is 13.1 Å². The van der Waals surface area contributed by atoms with Crippen LogP contribution in [0.5, 0.6) is 0 Å². The van der Waals surface area contributed by atoms with Gasteiger partial charge in [-0.2, -0.15) is 0 Å². The summed E-state index contributed by atoms with van der Waals surface area (Å²) in [5.74, 6) is -0.291. The van der Waals surface area contributed by atoms with Gasteiger partial charge < -0.3 is 27.8 Å². The number of nitrogens with two attached hydrogens (primary N) is 3. The number of carbonyl (C=O) groups is 5. The Morgan fingerprint density at radius 1 is 0.867 bits per heavy atom. The molecular formula is C35H81N5O5. The lowest BCUT2D eigenvalue weighted by Crippen LogP contribution is -2.34. The largest absolute Gasteiger partial charge is 0.372 e. The Bertz CT molecular complexity index is 589. The number of amides is 4. The van der Waals surface area contributed by atoms with Crippen LogP contribution in [-0.2, 0) is 24.0 Å². The van der Waals surface area contributed by atoms with E-state index in [1.54, 1.807) is 0 Å². The van der Waals surface area contributed by atoms with Gasteiger partial charge in [0.05, 0.1) is 6.54 Å². The van der Waals surface area contributed by atoms with E-state index in [-0.39, 0.29) is 30.3 Å². The second-order valence-electron chi connectivity index (χ2n) is 10.6. The van der Waals surface area contributed by atoms with Crippen LogP contribution in [0.25, 0.3) is 0 Å². The summed E-state index contributed by atoms with van der Waals surface area (Å²) in [6, 6.07) is 0. The first kappa shape index (κ1) is 61.5. The Kier molecular flexibility index (Phi) is 73.8. The summed E-state index contributed by atoms with van der Waals surface area (Å²) in [7, 11) is 0. The molecule has 10 heteroatoms. The highest BCUT2D eigenvalue weighted by Crippen LogP contribution is 2.34. The highest BCUT2D eigenvalue weighted by atomic mass is 16.2. The van der Waals surface area contributed by atoms with Crippen LogP contribution in [0.4, 0.5) is 0 Å². The van der Waals surface area contributed by atoms with E-state index >= 15 is 0 Å². The number of ketones is 1. The van der Waals surface area contributed by atoms with Gasteiger partial charge in [-0.3, -0.25) is 24.0 Å². The maximum atomic E-state index is 11.8. The molecule has 0 aliphatic heterocycles. The minimum Gasteiger partial charge on any atom is -0.372 e.